The van der Waals surface area contributed by atoms with Crippen molar-refractivity contribution in [2.24, 2.45) is 0 Å². The average Bonchev–Trinajstić information content (AvgIpc) is 2.60. The third kappa shape index (κ3) is 4.70. The topological polar surface area (TPSA) is 83.5 Å². The lowest BCUT2D eigenvalue weighted by atomic mass is 10.1. The molecule has 0 fully saturated rings. The smallest absolute Gasteiger partial charge is 0.260 e. The largest absolute Gasteiger partial charge is 0.346 e. The maximum Gasteiger partial charge on any atom is 0.260 e. The van der Waals surface area contributed by atoms with Crippen LogP contribution < -0.4 is 5.32 Å². The summed E-state index contributed by atoms with van der Waals surface area (Å²) in [5.41, 5.74) is 1.63. The van der Waals surface area contributed by atoms with Gasteiger partial charge in [-0.25, -0.2) is 8.42 Å². The summed E-state index contributed by atoms with van der Waals surface area (Å²) in [6.07, 6.45) is -0.0124. The van der Waals surface area contributed by atoms with Gasteiger partial charge in [0.05, 0.1) is 11.3 Å². The fourth-order valence-corrected chi connectivity index (χ4v) is 3.90. The highest BCUT2D eigenvalue weighted by Gasteiger charge is 2.36. The minimum absolute atomic E-state index is 0.0108. The monoisotopic (exact) mass is 374 g/mol. The molecule has 1 atom stereocenters. The minimum atomic E-state index is -4.07. The SMILES string of the molecule is Cc1ccc(S(=O)(=O)C(NC(=O)Cc2ccccc2)C(=O)N(C)C)cc1. The van der Waals surface area contributed by atoms with E-state index in [2.05, 4.69) is 5.32 Å². The van der Waals surface area contributed by atoms with E-state index in [1.807, 2.05) is 13.0 Å². The molecule has 0 aliphatic heterocycles. The average molecular weight is 374 g/mol. The van der Waals surface area contributed by atoms with E-state index in [1.54, 1.807) is 36.4 Å². The van der Waals surface area contributed by atoms with Crippen molar-refractivity contribution in [2.45, 2.75) is 23.6 Å². The van der Waals surface area contributed by atoms with Gasteiger partial charge in [0.25, 0.3) is 5.91 Å². The van der Waals surface area contributed by atoms with Crippen molar-refractivity contribution in [3.05, 3.63) is 65.7 Å². The number of sulfone groups is 1. The zero-order chi connectivity index (χ0) is 19.3. The van der Waals surface area contributed by atoms with E-state index >= 15 is 0 Å². The van der Waals surface area contributed by atoms with Crippen molar-refractivity contribution in [1.29, 1.82) is 0 Å². The molecule has 0 saturated heterocycles. The Kier molecular flexibility index (Phi) is 6.15. The lowest BCUT2D eigenvalue weighted by Crippen LogP contribution is -2.51. The van der Waals surface area contributed by atoms with E-state index in [4.69, 9.17) is 0 Å². The Morgan fingerprint density at radius 2 is 1.58 bits per heavy atom. The Morgan fingerprint density at radius 3 is 2.12 bits per heavy atom. The van der Waals surface area contributed by atoms with E-state index in [-0.39, 0.29) is 11.3 Å². The third-order valence-corrected chi connectivity index (χ3v) is 5.69. The fourth-order valence-electron chi connectivity index (χ4n) is 2.35. The molecule has 2 rings (SSSR count). The van der Waals surface area contributed by atoms with Crippen molar-refractivity contribution < 1.29 is 18.0 Å². The first kappa shape index (κ1) is 19.7. The number of nitrogens with zero attached hydrogens (tertiary/aromatic N) is 1. The molecule has 0 heterocycles. The van der Waals surface area contributed by atoms with Crippen LogP contribution in [0.15, 0.2) is 59.5 Å². The summed E-state index contributed by atoms with van der Waals surface area (Å²) < 4.78 is 25.8. The van der Waals surface area contributed by atoms with Crippen LogP contribution in [0.1, 0.15) is 11.1 Å². The first-order valence-corrected chi connectivity index (χ1v) is 9.61. The maximum atomic E-state index is 12.9. The summed E-state index contributed by atoms with van der Waals surface area (Å²) in [5.74, 6) is -1.24. The molecular weight excluding hydrogens is 352 g/mol. The number of amides is 2. The van der Waals surface area contributed by atoms with E-state index in [0.29, 0.717) is 0 Å². The number of hydrogen-bond donors (Lipinski definition) is 1. The van der Waals surface area contributed by atoms with Crippen molar-refractivity contribution in [2.75, 3.05) is 14.1 Å². The van der Waals surface area contributed by atoms with Gasteiger partial charge in [-0.05, 0) is 24.6 Å². The van der Waals surface area contributed by atoms with Crippen LogP contribution >= 0.6 is 0 Å². The molecule has 1 N–H and O–H groups in total. The normalized spacial score (nSPS) is 12.3. The Balaban J connectivity index is 2.30. The van der Waals surface area contributed by atoms with Crippen LogP contribution in [0.5, 0.6) is 0 Å². The molecule has 7 heteroatoms. The molecule has 2 aromatic carbocycles. The number of nitrogens with one attached hydrogen (secondary N) is 1. The van der Waals surface area contributed by atoms with Gasteiger partial charge in [0, 0.05) is 14.1 Å². The predicted octanol–water partition coefficient (Wildman–Crippen LogP) is 1.54. The first-order valence-electron chi connectivity index (χ1n) is 8.07. The molecule has 0 spiro atoms. The minimum Gasteiger partial charge on any atom is -0.346 e. The molecule has 6 nitrogen and oxygen atoms in total. The summed E-state index contributed by atoms with van der Waals surface area (Å²) in [6.45, 7) is 1.83. The van der Waals surface area contributed by atoms with E-state index < -0.39 is 27.0 Å². The summed E-state index contributed by atoms with van der Waals surface area (Å²) in [6, 6.07) is 15.1. The van der Waals surface area contributed by atoms with Crippen LogP contribution in [-0.2, 0) is 25.8 Å². The lowest BCUT2D eigenvalue weighted by Gasteiger charge is -2.22. The number of benzene rings is 2. The van der Waals surface area contributed by atoms with Crippen LogP contribution in [-0.4, -0.2) is 44.6 Å². The molecule has 0 aromatic heterocycles. The molecule has 2 aromatic rings. The predicted molar refractivity (Wildman–Crippen MR) is 99.1 cm³/mol. The molecule has 0 radical (unpaired) electrons. The van der Waals surface area contributed by atoms with Gasteiger partial charge in [0.15, 0.2) is 0 Å². The highest BCUT2D eigenvalue weighted by Crippen LogP contribution is 2.17. The summed E-state index contributed by atoms with van der Waals surface area (Å²) in [4.78, 5) is 25.9. The zero-order valence-electron chi connectivity index (χ0n) is 15.0. The van der Waals surface area contributed by atoms with Gasteiger partial charge in [-0.1, -0.05) is 48.0 Å². The van der Waals surface area contributed by atoms with Crippen LogP contribution in [0.4, 0.5) is 0 Å². The Bertz CT molecular complexity index is 876. The summed E-state index contributed by atoms with van der Waals surface area (Å²) >= 11 is 0. The Hall–Kier alpha value is -2.67. The van der Waals surface area contributed by atoms with Gasteiger partial charge in [-0.2, -0.15) is 0 Å². The standard InChI is InChI=1S/C19H22N2O4S/c1-14-9-11-16(12-10-14)26(24,25)18(19(23)21(2)3)20-17(22)13-15-7-5-4-6-8-15/h4-12,18H,13H2,1-3H3,(H,20,22). The maximum absolute atomic E-state index is 12.9. The molecule has 0 aliphatic rings. The number of rotatable bonds is 6. The second kappa shape index (κ2) is 8.14. The van der Waals surface area contributed by atoms with Crippen molar-refractivity contribution in [3.8, 4) is 0 Å². The highest BCUT2D eigenvalue weighted by molar-refractivity contribution is 7.92. The van der Waals surface area contributed by atoms with Crippen LogP contribution in [0.2, 0.25) is 0 Å². The Morgan fingerprint density at radius 1 is 1.00 bits per heavy atom. The molecule has 0 bridgehead atoms. The van der Waals surface area contributed by atoms with Crippen LogP contribution in [0.3, 0.4) is 0 Å². The van der Waals surface area contributed by atoms with Gasteiger partial charge < -0.3 is 10.2 Å². The number of likely N-dealkylation sites (N-methyl/N-ethyl adjacent to an activating group) is 1. The van der Waals surface area contributed by atoms with Crippen molar-refractivity contribution >= 4 is 21.7 Å². The molecule has 1 unspecified atom stereocenters. The van der Waals surface area contributed by atoms with Gasteiger partial charge in [0.2, 0.25) is 21.1 Å². The van der Waals surface area contributed by atoms with E-state index in [9.17, 15) is 18.0 Å². The Labute approximate surface area is 153 Å². The van der Waals surface area contributed by atoms with Crippen LogP contribution in [0, 0.1) is 6.92 Å². The van der Waals surface area contributed by atoms with Crippen molar-refractivity contribution in [3.63, 3.8) is 0 Å². The van der Waals surface area contributed by atoms with Gasteiger partial charge in [-0.15, -0.1) is 0 Å². The van der Waals surface area contributed by atoms with Crippen molar-refractivity contribution in [1.82, 2.24) is 10.2 Å². The number of aryl methyl sites for hydroxylation is 1. The van der Waals surface area contributed by atoms with Gasteiger partial charge in [-0.3, -0.25) is 9.59 Å². The fraction of sp³-hybridized carbons (Fsp3) is 0.263. The second-order valence-corrected chi connectivity index (χ2v) is 8.23. The molecule has 0 aliphatic carbocycles. The van der Waals surface area contributed by atoms with Gasteiger partial charge >= 0.3 is 0 Å². The lowest BCUT2D eigenvalue weighted by molar-refractivity contribution is -0.132. The number of carbonyl (C=O) groups excluding carboxylic acids is 2. The molecule has 2 amide bonds. The summed E-state index contributed by atoms with van der Waals surface area (Å²) in [5, 5.41) is 0.712. The van der Waals surface area contributed by atoms with Gasteiger partial charge in [0.1, 0.15) is 0 Å². The van der Waals surface area contributed by atoms with E-state index in [1.165, 1.54) is 26.2 Å². The molecule has 0 saturated carbocycles. The highest BCUT2D eigenvalue weighted by atomic mass is 32.2. The molecular formula is C19H22N2O4S. The quantitative estimate of drug-likeness (QED) is 0.831. The second-order valence-electron chi connectivity index (χ2n) is 6.20. The molecule has 26 heavy (non-hydrogen) atoms. The summed E-state index contributed by atoms with van der Waals surface area (Å²) in [7, 11) is -1.18. The number of carbonyl (C=O) groups is 2. The number of hydrogen-bond acceptors (Lipinski definition) is 4. The zero-order valence-corrected chi connectivity index (χ0v) is 15.8. The molecule has 138 valence electrons. The third-order valence-electron chi connectivity index (χ3n) is 3.82. The van der Waals surface area contributed by atoms with E-state index in [0.717, 1.165) is 16.0 Å². The first-order chi connectivity index (χ1) is 12.2. The van der Waals surface area contributed by atoms with Crippen LogP contribution in [0.25, 0.3) is 0 Å².